The fourth-order valence-electron chi connectivity index (χ4n) is 5.77. The van der Waals surface area contributed by atoms with E-state index in [1.165, 1.54) is 36.9 Å². The summed E-state index contributed by atoms with van der Waals surface area (Å²) < 4.78 is 5.32. The normalized spacial score (nSPS) is 18.7. The number of ether oxygens (including phenoxy) is 1. The second-order valence-corrected chi connectivity index (χ2v) is 10.2. The van der Waals surface area contributed by atoms with Crippen LogP contribution in [0.25, 0.3) is 22.2 Å². The molecule has 2 aromatic carbocycles. The summed E-state index contributed by atoms with van der Waals surface area (Å²) in [6, 6.07) is 17.5. The molecule has 3 aromatic rings. The molecule has 1 amide bonds. The average molecular weight is 475 g/mol. The molecule has 2 fully saturated rings. The van der Waals surface area contributed by atoms with Gasteiger partial charge >= 0.3 is 0 Å². The molecule has 2 saturated heterocycles. The molecular weight excluding hydrogens is 436 g/mol. The summed E-state index contributed by atoms with van der Waals surface area (Å²) in [4.78, 5) is 21.6. The zero-order valence-electron chi connectivity index (χ0n) is 21.1. The Morgan fingerprint density at radius 3 is 2.43 bits per heavy atom. The third-order valence-electron chi connectivity index (χ3n) is 7.89. The fourth-order valence-corrected chi connectivity index (χ4v) is 5.77. The molecule has 2 aliphatic rings. The van der Waals surface area contributed by atoms with Gasteiger partial charge in [-0.25, -0.2) is 0 Å². The number of aromatic amines is 1. The van der Waals surface area contributed by atoms with Gasteiger partial charge in [0.2, 0.25) is 5.91 Å². The lowest BCUT2D eigenvalue weighted by Gasteiger charge is -2.41. The number of para-hydroxylation sites is 1. The predicted molar refractivity (Wildman–Crippen MR) is 142 cm³/mol. The largest absolute Gasteiger partial charge is 0.497 e. The van der Waals surface area contributed by atoms with Gasteiger partial charge in [0.25, 0.3) is 0 Å². The van der Waals surface area contributed by atoms with Gasteiger partial charge in [0.05, 0.1) is 7.11 Å². The molecule has 186 valence electrons. The number of likely N-dealkylation sites (tertiary alicyclic amines) is 2. The van der Waals surface area contributed by atoms with Gasteiger partial charge < -0.3 is 24.8 Å². The van der Waals surface area contributed by atoms with Crippen LogP contribution in [0.15, 0.2) is 48.5 Å². The number of H-pyrrole nitrogens is 1. The number of aryl methyl sites for hydroxylation is 1. The van der Waals surface area contributed by atoms with Crippen LogP contribution in [-0.2, 0) is 11.2 Å². The SMILES string of the molecule is COc1ccc(-c2[nH]c3ccccc3c2CCC(=O)NC2CCN(C3CCN(C)CC3)CC2)cc1. The van der Waals surface area contributed by atoms with Crippen molar-refractivity contribution in [2.75, 3.05) is 40.3 Å². The number of rotatable bonds is 7. The van der Waals surface area contributed by atoms with E-state index in [1.807, 2.05) is 18.2 Å². The predicted octanol–water partition coefficient (Wildman–Crippen LogP) is 4.45. The molecule has 0 aliphatic carbocycles. The number of hydrogen-bond acceptors (Lipinski definition) is 4. The maximum Gasteiger partial charge on any atom is 0.220 e. The summed E-state index contributed by atoms with van der Waals surface area (Å²) in [5.74, 6) is 1.00. The highest BCUT2D eigenvalue weighted by Gasteiger charge is 2.28. The number of aromatic nitrogens is 1. The number of carbonyl (C=O) groups excluding carboxylic acids is 1. The summed E-state index contributed by atoms with van der Waals surface area (Å²) in [6.07, 6.45) is 5.87. The lowest BCUT2D eigenvalue weighted by Crippen LogP contribution is -2.50. The smallest absolute Gasteiger partial charge is 0.220 e. The van der Waals surface area contributed by atoms with E-state index in [9.17, 15) is 4.79 Å². The van der Waals surface area contributed by atoms with E-state index in [0.717, 1.165) is 54.5 Å². The molecule has 0 unspecified atom stereocenters. The minimum absolute atomic E-state index is 0.161. The maximum atomic E-state index is 12.9. The number of methoxy groups -OCH3 is 1. The van der Waals surface area contributed by atoms with E-state index in [4.69, 9.17) is 4.74 Å². The third kappa shape index (κ3) is 5.54. The van der Waals surface area contributed by atoms with Gasteiger partial charge in [0.1, 0.15) is 5.75 Å². The second-order valence-electron chi connectivity index (χ2n) is 10.2. The topological polar surface area (TPSA) is 60.6 Å². The summed E-state index contributed by atoms with van der Waals surface area (Å²) in [5.41, 5.74) is 4.51. The summed E-state index contributed by atoms with van der Waals surface area (Å²) >= 11 is 0. The van der Waals surface area contributed by atoms with Crippen LogP contribution < -0.4 is 10.1 Å². The van der Waals surface area contributed by atoms with E-state index < -0.39 is 0 Å². The number of carbonyl (C=O) groups is 1. The second kappa shape index (κ2) is 10.8. The van der Waals surface area contributed by atoms with Crippen molar-refractivity contribution >= 4 is 16.8 Å². The molecule has 6 heteroatoms. The van der Waals surface area contributed by atoms with E-state index in [-0.39, 0.29) is 5.91 Å². The van der Waals surface area contributed by atoms with Gasteiger partial charge in [-0.3, -0.25) is 4.79 Å². The van der Waals surface area contributed by atoms with Crippen molar-refractivity contribution in [1.29, 1.82) is 0 Å². The monoisotopic (exact) mass is 474 g/mol. The van der Waals surface area contributed by atoms with Crippen molar-refractivity contribution < 1.29 is 9.53 Å². The van der Waals surface area contributed by atoms with Gasteiger partial charge in [-0.15, -0.1) is 0 Å². The number of fused-ring (bicyclic) bond motifs is 1. The quantitative estimate of drug-likeness (QED) is 0.531. The maximum absolute atomic E-state index is 12.9. The van der Waals surface area contributed by atoms with Crippen LogP contribution in [0, 0.1) is 0 Å². The van der Waals surface area contributed by atoms with Crippen LogP contribution in [0.2, 0.25) is 0 Å². The number of hydrogen-bond donors (Lipinski definition) is 2. The summed E-state index contributed by atoms with van der Waals surface area (Å²) in [5, 5.41) is 4.53. The summed E-state index contributed by atoms with van der Waals surface area (Å²) in [6.45, 7) is 4.61. The van der Waals surface area contributed by atoms with E-state index >= 15 is 0 Å². The van der Waals surface area contributed by atoms with Crippen LogP contribution in [0.3, 0.4) is 0 Å². The van der Waals surface area contributed by atoms with E-state index in [1.54, 1.807) is 7.11 Å². The van der Waals surface area contributed by atoms with Crippen molar-refractivity contribution in [3.63, 3.8) is 0 Å². The molecule has 0 spiro atoms. The van der Waals surface area contributed by atoms with Crippen molar-refractivity contribution in [2.24, 2.45) is 0 Å². The zero-order valence-corrected chi connectivity index (χ0v) is 21.1. The molecule has 35 heavy (non-hydrogen) atoms. The number of nitrogens with one attached hydrogen (secondary N) is 2. The first-order valence-electron chi connectivity index (χ1n) is 13.1. The lowest BCUT2D eigenvalue weighted by atomic mass is 9.97. The van der Waals surface area contributed by atoms with Crippen LogP contribution >= 0.6 is 0 Å². The van der Waals surface area contributed by atoms with Crippen molar-refractivity contribution in [2.45, 2.75) is 50.6 Å². The van der Waals surface area contributed by atoms with E-state index in [2.05, 4.69) is 57.5 Å². The fraction of sp³-hybridized carbons (Fsp3) is 0.483. The number of piperidine rings is 2. The molecule has 0 saturated carbocycles. The van der Waals surface area contributed by atoms with Gasteiger partial charge in [-0.1, -0.05) is 18.2 Å². The van der Waals surface area contributed by atoms with Crippen LogP contribution in [0.5, 0.6) is 5.75 Å². The molecule has 2 aliphatic heterocycles. The molecule has 0 bridgehead atoms. The Balaban J connectivity index is 1.19. The number of benzene rings is 2. The first-order chi connectivity index (χ1) is 17.1. The molecule has 2 N–H and O–H groups in total. The van der Waals surface area contributed by atoms with Crippen LogP contribution in [0.1, 0.15) is 37.7 Å². The Morgan fingerprint density at radius 2 is 1.71 bits per heavy atom. The first-order valence-corrected chi connectivity index (χ1v) is 13.1. The lowest BCUT2D eigenvalue weighted by molar-refractivity contribution is -0.122. The Hall–Kier alpha value is -2.83. The Bertz CT molecular complexity index is 1120. The molecule has 5 rings (SSSR count). The van der Waals surface area contributed by atoms with Crippen LogP contribution in [-0.4, -0.2) is 73.1 Å². The molecule has 6 nitrogen and oxygen atoms in total. The Labute approximate surface area is 208 Å². The number of nitrogens with zero attached hydrogens (tertiary/aromatic N) is 2. The molecule has 1 aromatic heterocycles. The van der Waals surface area contributed by atoms with Crippen molar-refractivity contribution in [1.82, 2.24) is 20.1 Å². The van der Waals surface area contributed by atoms with Crippen molar-refractivity contribution in [3.8, 4) is 17.0 Å². The average Bonchev–Trinajstić information content (AvgIpc) is 3.27. The van der Waals surface area contributed by atoms with Gasteiger partial charge in [-0.05, 0) is 93.7 Å². The van der Waals surface area contributed by atoms with Gasteiger partial charge in [0.15, 0.2) is 0 Å². The van der Waals surface area contributed by atoms with Gasteiger partial charge in [-0.2, -0.15) is 0 Å². The molecule has 0 radical (unpaired) electrons. The number of amides is 1. The van der Waals surface area contributed by atoms with Crippen molar-refractivity contribution in [3.05, 3.63) is 54.1 Å². The highest BCUT2D eigenvalue weighted by atomic mass is 16.5. The Morgan fingerprint density at radius 1 is 1.00 bits per heavy atom. The molecular formula is C29H38N4O2. The van der Waals surface area contributed by atoms with Gasteiger partial charge in [0, 0.05) is 48.2 Å². The van der Waals surface area contributed by atoms with Crippen LogP contribution in [0.4, 0.5) is 0 Å². The summed E-state index contributed by atoms with van der Waals surface area (Å²) in [7, 11) is 3.90. The highest BCUT2D eigenvalue weighted by Crippen LogP contribution is 2.32. The molecule has 3 heterocycles. The highest BCUT2D eigenvalue weighted by molar-refractivity contribution is 5.91. The third-order valence-corrected chi connectivity index (χ3v) is 7.89. The Kier molecular flexibility index (Phi) is 7.40. The standard InChI is InChI=1S/C29H38N4O2/c1-32-17-15-23(16-18-32)33-19-13-22(14-20-33)30-28(34)12-11-26-25-5-3-4-6-27(25)31-29(26)21-7-9-24(35-2)10-8-21/h3-10,22-23,31H,11-20H2,1-2H3,(H,30,34). The first kappa shape index (κ1) is 23.9. The zero-order chi connectivity index (χ0) is 24.2. The minimum atomic E-state index is 0.161. The van der Waals surface area contributed by atoms with E-state index in [0.29, 0.717) is 18.9 Å². The molecule has 0 atom stereocenters. The minimum Gasteiger partial charge on any atom is -0.497 e.